The van der Waals surface area contributed by atoms with E-state index in [0.717, 1.165) is 40.9 Å². The van der Waals surface area contributed by atoms with Crippen LogP contribution in [0.25, 0.3) is 0 Å². The Hall–Kier alpha value is -5.33. The number of nitrogens with zero attached hydrogens (tertiary/aromatic N) is 2. The molecule has 47 heavy (non-hydrogen) atoms. The lowest BCUT2D eigenvalue weighted by Crippen LogP contribution is -2.37. The topological polar surface area (TPSA) is 88.2 Å². The number of anilines is 2. The number of aryl methyl sites for hydroxylation is 2. The predicted octanol–water partition coefficient (Wildman–Crippen LogP) is 7.20. The number of methoxy groups -OCH3 is 2. The first-order valence-corrected chi connectivity index (χ1v) is 15.9. The summed E-state index contributed by atoms with van der Waals surface area (Å²) in [6.07, 6.45) is 2.00. The zero-order chi connectivity index (χ0) is 33.3. The van der Waals surface area contributed by atoms with E-state index in [2.05, 4.69) is 28.3 Å². The van der Waals surface area contributed by atoms with Crippen LogP contribution in [0.15, 0.2) is 96.7 Å². The number of amides is 2. The van der Waals surface area contributed by atoms with Gasteiger partial charge in [0.25, 0.3) is 11.8 Å². The molecule has 0 unspecified atom stereocenters. The van der Waals surface area contributed by atoms with E-state index in [1.54, 1.807) is 67.7 Å². The Labute approximate surface area is 276 Å². The minimum absolute atomic E-state index is 0.142. The zero-order valence-electron chi connectivity index (χ0n) is 27.4. The highest BCUT2D eigenvalue weighted by Gasteiger charge is 2.26. The van der Waals surface area contributed by atoms with Gasteiger partial charge in [-0.15, -0.1) is 0 Å². The summed E-state index contributed by atoms with van der Waals surface area (Å²) in [5.41, 5.74) is 6.44. The Balaban J connectivity index is 1.26. The summed E-state index contributed by atoms with van der Waals surface area (Å²) in [4.78, 5) is 43.0. The molecule has 1 saturated heterocycles. The van der Waals surface area contributed by atoms with Crippen molar-refractivity contribution in [2.75, 3.05) is 44.1 Å². The molecule has 1 aliphatic rings. The number of benzene rings is 4. The molecule has 1 N–H and O–H groups in total. The fourth-order valence-electron chi connectivity index (χ4n) is 6.18. The molecule has 242 valence electrons. The molecule has 8 nitrogen and oxygen atoms in total. The van der Waals surface area contributed by atoms with Crippen molar-refractivity contribution in [1.29, 1.82) is 0 Å². The number of rotatable bonds is 11. The molecule has 1 aliphatic heterocycles. The standard InChI is InChI=1S/C39H41N3O5/c1-27-9-18-37(28(2)25-27)42(39(45)31-12-16-34(47-4)17-13-31)24-21-32(26-43)41-22-19-29(20-23-41)35-7-5-6-8-36(35)40-38(44)30-10-14-33(46-3)15-11-30/h5-18,25,29H,19-24H2,1-4H3,(H,40,44). The number of carbonyl (C=O) groups excluding carboxylic acids is 3. The number of likely N-dealkylation sites (tertiary alicyclic amines) is 1. The number of hydrogen-bond acceptors (Lipinski definition) is 6. The van der Waals surface area contributed by atoms with Crippen molar-refractivity contribution < 1.29 is 23.9 Å². The summed E-state index contributed by atoms with van der Waals surface area (Å²) < 4.78 is 10.5. The summed E-state index contributed by atoms with van der Waals surface area (Å²) in [6.45, 7) is 5.70. The van der Waals surface area contributed by atoms with Crippen LogP contribution in [0, 0.1) is 13.8 Å². The van der Waals surface area contributed by atoms with E-state index in [9.17, 15) is 14.4 Å². The molecular weight excluding hydrogens is 590 g/mol. The first kappa shape index (κ1) is 33.0. The van der Waals surface area contributed by atoms with Gasteiger partial charge in [-0.05, 0) is 104 Å². The Morgan fingerprint density at radius 3 is 2.06 bits per heavy atom. The Morgan fingerprint density at radius 2 is 1.47 bits per heavy atom. The van der Waals surface area contributed by atoms with E-state index in [-0.39, 0.29) is 17.7 Å². The van der Waals surface area contributed by atoms with Gasteiger partial charge >= 0.3 is 0 Å². The number of ether oxygens (including phenoxy) is 2. The smallest absolute Gasteiger partial charge is 0.258 e. The molecule has 5 rings (SSSR count). The van der Waals surface area contributed by atoms with Crippen molar-refractivity contribution >= 4 is 29.1 Å². The van der Waals surface area contributed by atoms with Crippen LogP contribution in [0.3, 0.4) is 0 Å². The molecule has 0 spiro atoms. The molecule has 0 aliphatic carbocycles. The quantitative estimate of drug-likeness (QED) is 0.176. The molecule has 0 saturated carbocycles. The van der Waals surface area contributed by atoms with Crippen molar-refractivity contribution in [3.63, 3.8) is 0 Å². The maximum atomic E-state index is 13.8. The Morgan fingerprint density at radius 1 is 0.851 bits per heavy atom. The van der Waals surface area contributed by atoms with Gasteiger partial charge in [-0.25, -0.2) is 4.79 Å². The van der Waals surface area contributed by atoms with E-state index in [0.29, 0.717) is 54.4 Å². The molecule has 2 amide bonds. The second-order valence-corrected chi connectivity index (χ2v) is 11.8. The SMILES string of the molecule is COc1ccc(C(=O)Nc2ccccc2C2CCN(C(=C=O)CCN(C(=O)c3ccc(OC)cc3)c3ccc(C)cc3C)CC2)cc1. The highest BCUT2D eigenvalue weighted by atomic mass is 16.5. The number of para-hydroxylation sites is 1. The minimum Gasteiger partial charge on any atom is -0.497 e. The van der Waals surface area contributed by atoms with Crippen LogP contribution < -0.4 is 19.7 Å². The number of nitrogens with one attached hydrogen (secondary N) is 1. The van der Waals surface area contributed by atoms with Gasteiger partial charge in [-0.1, -0.05) is 35.9 Å². The van der Waals surface area contributed by atoms with Gasteiger partial charge in [-0.2, -0.15) is 0 Å². The van der Waals surface area contributed by atoms with Crippen LogP contribution >= 0.6 is 0 Å². The van der Waals surface area contributed by atoms with Gasteiger partial charge in [0.15, 0.2) is 0 Å². The maximum absolute atomic E-state index is 13.8. The monoisotopic (exact) mass is 631 g/mol. The molecule has 4 aromatic rings. The average molecular weight is 632 g/mol. The predicted molar refractivity (Wildman–Crippen MR) is 185 cm³/mol. The molecule has 1 heterocycles. The summed E-state index contributed by atoms with van der Waals surface area (Å²) in [5, 5.41) is 3.09. The first-order valence-electron chi connectivity index (χ1n) is 15.9. The second kappa shape index (κ2) is 15.3. The average Bonchev–Trinajstić information content (AvgIpc) is 3.11. The number of hydrogen-bond donors (Lipinski definition) is 1. The summed E-state index contributed by atoms with van der Waals surface area (Å²) >= 11 is 0. The van der Waals surface area contributed by atoms with E-state index in [1.807, 2.05) is 44.2 Å². The molecule has 0 aromatic heterocycles. The van der Waals surface area contributed by atoms with Gasteiger partial charge in [0.1, 0.15) is 23.1 Å². The largest absolute Gasteiger partial charge is 0.497 e. The second-order valence-electron chi connectivity index (χ2n) is 11.8. The zero-order valence-corrected chi connectivity index (χ0v) is 27.4. The molecule has 4 aromatic carbocycles. The number of piperidine rings is 1. The highest BCUT2D eigenvalue weighted by molar-refractivity contribution is 6.06. The fourth-order valence-corrected chi connectivity index (χ4v) is 6.18. The van der Waals surface area contributed by atoms with Crippen molar-refractivity contribution in [3.05, 3.63) is 125 Å². The van der Waals surface area contributed by atoms with E-state index in [1.165, 1.54) is 0 Å². The van der Waals surface area contributed by atoms with Crippen molar-refractivity contribution in [2.45, 2.75) is 39.0 Å². The van der Waals surface area contributed by atoms with Gasteiger partial charge < -0.3 is 24.6 Å². The molecule has 0 atom stereocenters. The molecule has 0 radical (unpaired) electrons. The molecule has 1 fully saturated rings. The first-order chi connectivity index (χ1) is 22.8. The van der Waals surface area contributed by atoms with Crippen LogP contribution in [-0.2, 0) is 4.79 Å². The van der Waals surface area contributed by atoms with E-state index >= 15 is 0 Å². The lowest BCUT2D eigenvalue weighted by molar-refractivity contribution is 0.0984. The Kier molecular flexibility index (Phi) is 10.8. The highest BCUT2D eigenvalue weighted by Crippen LogP contribution is 2.34. The van der Waals surface area contributed by atoms with Crippen LogP contribution in [0.1, 0.15) is 62.6 Å². The molecular formula is C39H41N3O5. The van der Waals surface area contributed by atoms with Crippen LogP contribution in [0.2, 0.25) is 0 Å². The third kappa shape index (κ3) is 7.91. The van der Waals surface area contributed by atoms with Gasteiger partial charge in [0.05, 0.1) is 14.2 Å². The summed E-state index contributed by atoms with van der Waals surface area (Å²) in [6, 6.07) is 28.0. The van der Waals surface area contributed by atoms with Crippen molar-refractivity contribution in [2.24, 2.45) is 0 Å². The van der Waals surface area contributed by atoms with Crippen LogP contribution in [-0.4, -0.2) is 56.5 Å². The summed E-state index contributed by atoms with van der Waals surface area (Å²) in [7, 11) is 3.19. The van der Waals surface area contributed by atoms with E-state index < -0.39 is 0 Å². The van der Waals surface area contributed by atoms with Gasteiger partial charge in [-0.3, -0.25) is 9.59 Å². The van der Waals surface area contributed by atoms with Crippen molar-refractivity contribution in [1.82, 2.24) is 4.90 Å². The van der Waals surface area contributed by atoms with Gasteiger partial charge in [0, 0.05) is 48.6 Å². The van der Waals surface area contributed by atoms with Crippen molar-refractivity contribution in [3.8, 4) is 11.5 Å². The van der Waals surface area contributed by atoms with Crippen LogP contribution in [0.5, 0.6) is 11.5 Å². The molecule has 0 bridgehead atoms. The molecule has 8 heteroatoms. The third-order valence-corrected chi connectivity index (χ3v) is 8.79. The normalized spacial score (nSPS) is 13.0. The lowest BCUT2D eigenvalue weighted by Gasteiger charge is -2.35. The Bertz CT molecular complexity index is 1750. The lowest BCUT2D eigenvalue weighted by atomic mass is 9.88. The maximum Gasteiger partial charge on any atom is 0.258 e. The van der Waals surface area contributed by atoms with Crippen LogP contribution in [0.4, 0.5) is 11.4 Å². The van der Waals surface area contributed by atoms with Gasteiger partial charge in [0.2, 0.25) is 0 Å². The van der Waals surface area contributed by atoms with E-state index in [4.69, 9.17) is 9.47 Å². The third-order valence-electron chi connectivity index (χ3n) is 8.79. The fraction of sp³-hybridized carbons (Fsp3) is 0.282. The minimum atomic E-state index is -0.179. The number of carbonyl (C=O) groups is 2. The summed E-state index contributed by atoms with van der Waals surface area (Å²) in [5.74, 6) is 3.45.